The van der Waals surface area contributed by atoms with Gasteiger partial charge in [-0.3, -0.25) is 4.90 Å². The molecule has 0 radical (unpaired) electrons. The first-order valence-electron chi connectivity index (χ1n) is 7.32. The van der Waals surface area contributed by atoms with Crippen molar-refractivity contribution in [3.8, 4) is 0 Å². The van der Waals surface area contributed by atoms with E-state index in [2.05, 4.69) is 30.1 Å². The van der Waals surface area contributed by atoms with Crippen LogP contribution in [0.25, 0.3) is 0 Å². The van der Waals surface area contributed by atoms with Gasteiger partial charge in [0.1, 0.15) is 5.76 Å². The molecule has 1 aliphatic carbocycles. The normalized spacial score (nSPS) is 23.3. The Bertz CT molecular complexity index is 323. The summed E-state index contributed by atoms with van der Waals surface area (Å²) >= 11 is 0. The zero-order chi connectivity index (χ0) is 12.8. The van der Waals surface area contributed by atoms with Gasteiger partial charge in [-0.1, -0.05) is 13.8 Å². The summed E-state index contributed by atoms with van der Waals surface area (Å²) in [6.45, 7) is 8.85. The summed E-state index contributed by atoms with van der Waals surface area (Å²) in [6.07, 6.45) is 5.70. The number of hydrogen-bond acceptors (Lipinski definition) is 3. The topological polar surface area (TPSA) is 28.4 Å². The monoisotopic (exact) mass is 250 g/mol. The van der Waals surface area contributed by atoms with Crippen LogP contribution in [0.1, 0.15) is 38.9 Å². The van der Waals surface area contributed by atoms with Crippen molar-refractivity contribution in [2.45, 2.75) is 45.7 Å². The fraction of sp³-hybridized carbons (Fsp3) is 0.733. The standard InChI is InChI=1S/C15H26N2O/c1-3-9-16-11-13-7-8-15(13)17(4-2)12-14-6-5-10-18-14/h5-6,10,13,15-16H,3-4,7-9,11-12H2,1-2H3. The molecule has 1 heterocycles. The molecule has 2 unspecified atom stereocenters. The van der Waals surface area contributed by atoms with Crippen LogP contribution in [0.4, 0.5) is 0 Å². The maximum atomic E-state index is 5.46. The molecule has 1 aromatic heterocycles. The van der Waals surface area contributed by atoms with Crippen LogP contribution >= 0.6 is 0 Å². The Morgan fingerprint density at radius 1 is 1.39 bits per heavy atom. The van der Waals surface area contributed by atoms with E-state index < -0.39 is 0 Å². The number of nitrogens with one attached hydrogen (secondary N) is 1. The number of nitrogens with zero attached hydrogens (tertiary/aromatic N) is 1. The molecular weight excluding hydrogens is 224 g/mol. The number of hydrogen-bond donors (Lipinski definition) is 1. The SMILES string of the molecule is CCCNCC1CCC1N(CC)Cc1ccco1. The lowest BCUT2D eigenvalue weighted by molar-refractivity contribution is 0.0547. The van der Waals surface area contributed by atoms with Gasteiger partial charge >= 0.3 is 0 Å². The maximum Gasteiger partial charge on any atom is 0.117 e. The van der Waals surface area contributed by atoms with Gasteiger partial charge < -0.3 is 9.73 Å². The van der Waals surface area contributed by atoms with Crippen LogP contribution in [0.5, 0.6) is 0 Å². The highest BCUT2D eigenvalue weighted by atomic mass is 16.3. The molecule has 1 aromatic rings. The van der Waals surface area contributed by atoms with Crippen LogP contribution in [0.15, 0.2) is 22.8 Å². The zero-order valence-electron chi connectivity index (χ0n) is 11.7. The van der Waals surface area contributed by atoms with Crippen molar-refractivity contribution < 1.29 is 4.42 Å². The molecule has 0 aliphatic heterocycles. The highest BCUT2D eigenvalue weighted by Crippen LogP contribution is 2.32. The van der Waals surface area contributed by atoms with Crippen molar-refractivity contribution >= 4 is 0 Å². The van der Waals surface area contributed by atoms with Crippen molar-refractivity contribution in [1.82, 2.24) is 10.2 Å². The van der Waals surface area contributed by atoms with Crippen molar-refractivity contribution in [2.24, 2.45) is 5.92 Å². The van der Waals surface area contributed by atoms with Gasteiger partial charge in [0, 0.05) is 6.04 Å². The minimum atomic E-state index is 0.740. The fourth-order valence-electron chi connectivity index (χ4n) is 2.80. The molecule has 3 nitrogen and oxygen atoms in total. The Balaban J connectivity index is 1.80. The molecule has 0 saturated heterocycles. The smallest absolute Gasteiger partial charge is 0.117 e. The van der Waals surface area contributed by atoms with E-state index in [1.807, 2.05) is 6.07 Å². The Labute approximate surface area is 111 Å². The van der Waals surface area contributed by atoms with Gasteiger partial charge in [0.2, 0.25) is 0 Å². The molecule has 2 atom stereocenters. The molecule has 0 aromatic carbocycles. The highest BCUT2D eigenvalue weighted by Gasteiger charge is 2.34. The summed E-state index contributed by atoms with van der Waals surface area (Å²) in [5.74, 6) is 1.91. The van der Waals surface area contributed by atoms with Crippen LogP contribution in [0, 0.1) is 5.92 Å². The molecule has 1 saturated carbocycles. The van der Waals surface area contributed by atoms with E-state index in [0.29, 0.717) is 0 Å². The van der Waals surface area contributed by atoms with E-state index >= 15 is 0 Å². The first-order valence-corrected chi connectivity index (χ1v) is 7.32. The van der Waals surface area contributed by atoms with E-state index in [9.17, 15) is 0 Å². The minimum Gasteiger partial charge on any atom is -0.468 e. The second kappa shape index (κ2) is 6.95. The lowest BCUT2D eigenvalue weighted by atomic mass is 9.78. The summed E-state index contributed by atoms with van der Waals surface area (Å²) in [4.78, 5) is 2.56. The Morgan fingerprint density at radius 2 is 2.28 bits per heavy atom. The largest absolute Gasteiger partial charge is 0.468 e. The number of furan rings is 1. The minimum absolute atomic E-state index is 0.740. The molecule has 18 heavy (non-hydrogen) atoms. The molecule has 1 aliphatic rings. The van der Waals surface area contributed by atoms with Gasteiger partial charge in [-0.2, -0.15) is 0 Å². The van der Waals surface area contributed by atoms with Crippen LogP contribution in [-0.4, -0.2) is 30.6 Å². The van der Waals surface area contributed by atoms with E-state index in [0.717, 1.165) is 37.4 Å². The van der Waals surface area contributed by atoms with Gasteiger partial charge in [-0.15, -0.1) is 0 Å². The van der Waals surface area contributed by atoms with Gasteiger partial charge in [-0.25, -0.2) is 0 Å². The second-order valence-electron chi connectivity index (χ2n) is 5.25. The second-order valence-corrected chi connectivity index (χ2v) is 5.25. The summed E-state index contributed by atoms with van der Waals surface area (Å²) in [6, 6.07) is 4.79. The van der Waals surface area contributed by atoms with Crippen molar-refractivity contribution in [3.63, 3.8) is 0 Å². The lowest BCUT2D eigenvalue weighted by Crippen LogP contribution is -2.50. The molecule has 0 spiro atoms. The van der Waals surface area contributed by atoms with Crippen molar-refractivity contribution in [1.29, 1.82) is 0 Å². The van der Waals surface area contributed by atoms with E-state index in [1.165, 1.54) is 25.8 Å². The third kappa shape index (κ3) is 3.36. The molecule has 1 N–H and O–H groups in total. The third-order valence-corrected chi connectivity index (χ3v) is 4.02. The van der Waals surface area contributed by atoms with Gasteiger partial charge in [0.25, 0.3) is 0 Å². The molecular formula is C15H26N2O. The van der Waals surface area contributed by atoms with Gasteiger partial charge in [0.05, 0.1) is 12.8 Å². The van der Waals surface area contributed by atoms with E-state index in [-0.39, 0.29) is 0 Å². The van der Waals surface area contributed by atoms with E-state index in [4.69, 9.17) is 4.42 Å². The van der Waals surface area contributed by atoms with Crippen LogP contribution in [-0.2, 0) is 6.54 Å². The average Bonchev–Trinajstić information content (AvgIpc) is 2.85. The third-order valence-electron chi connectivity index (χ3n) is 4.02. The van der Waals surface area contributed by atoms with Crippen LogP contribution < -0.4 is 5.32 Å². The lowest BCUT2D eigenvalue weighted by Gasteiger charge is -2.44. The van der Waals surface area contributed by atoms with Crippen molar-refractivity contribution in [2.75, 3.05) is 19.6 Å². The average molecular weight is 250 g/mol. The molecule has 0 amide bonds. The first-order chi connectivity index (χ1) is 8.85. The fourth-order valence-corrected chi connectivity index (χ4v) is 2.80. The molecule has 1 fully saturated rings. The zero-order valence-corrected chi connectivity index (χ0v) is 11.7. The molecule has 2 rings (SSSR count). The summed E-state index contributed by atoms with van der Waals surface area (Å²) in [5, 5.41) is 3.55. The van der Waals surface area contributed by atoms with Crippen molar-refractivity contribution in [3.05, 3.63) is 24.2 Å². The molecule has 0 bridgehead atoms. The number of rotatable bonds is 8. The van der Waals surface area contributed by atoms with Crippen LogP contribution in [0.2, 0.25) is 0 Å². The quantitative estimate of drug-likeness (QED) is 0.719. The Morgan fingerprint density at radius 3 is 2.83 bits per heavy atom. The van der Waals surface area contributed by atoms with Gasteiger partial charge in [-0.05, 0) is 56.9 Å². The van der Waals surface area contributed by atoms with Crippen LogP contribution in [0.3, 0.4) is 0 Å². The Kier molecular flexibility index (Phi) is 5.26. The summed E-state index contributed by atoms with van der Waals surface area (Å²) in [5.41, 5.74) is 0. The first kappa shape index (κ1) is 13.6. The molecule has 3 heteroatoms. The van der Waals surface area contributed by atoms with Gasteiger partial charge in [0.15, 0.2) is 0 Å². The highest BCUT2D eigenvalue weighted by molar-refractivity contribution is 5.00. The Hall–Kier alpha value is -0.800. The summed E-state index contributed by atoms with van der Waals surface area (Å²) in [7, 11) is 0. The van der Waals surface area contributed by atoms with E-state index in [1.54, 1.807) is 6.26 Å². The predicted molar refractivity (Wildman–Crippen MR) is 74.5 cm³/mol. The summed E-state index contributed by atoms with van der Waals surface area (Å²) < 4.78 is 5.46. The maximum absolute atomic E-state index is 5.46. The predicted octanol–water partition coefficient (Wildman–Crippen LogP) is 2.88. The molecule has 102 valence electrons.